The highest BCUT2D eigenvalue weighted by Crippen LogP contribution is 2.29. The Morgan fingerprint density at radius 1 is 1.20 bits per heavy atom. The zero-order valence-electron chi connectivity index (χ0n) is 17.5. The van der Waals surface area contributed by atoms with Gasteiger partial charge in [0.25, 0.3) is 0 Å². The summed E-state index contributed by atoms with van der Waals surface area (Å²) in [6, 6.07) is 5.78. The minimum Gasteiger partial charge on any atom is -0.463 e. The maximum Gasteiger partial charge on any atom is 0.330 e. The number of hydrogen-bond acceptors (Lipinski definition) is 6. The molecule has 1 aliphatic rings. The molecule has 0 aliphatic heterocycles. The number of ketones is 2. The second-order valence-corrected chi connectivity index (χ2v) is 8.59. The number of carbonyl (C=O) groups is 3. The van der Waals surface area contributed by atoms with Crippen LogP contribution in [0, 0.1) is 12.8 Å². The number of rotatable bonds is 9. The van der Waals surface area contributed by atoms with Gasteiger partial charge < -0.3 is 4.74 Å². The highest BCUT2D eigenvalue weighted by atomic mass is 32.1. The topological polar surface area (TPSA) is 73.3 Å². The van der Waals surface area contributed by atoms with Crippen molar-refractivity contribution in [1.82, 2.24) is 4.98 Å². The molecular formula is C24H27NO4S. The van der Waals surface area contributed by atoms with Gasteiger partial charge in [0.2, 0.25) is 0 Å². The molecule has 0 saturated heterocycles. The number of thiazole rings is 1. The van der Waals surface area contributed by atoms with E-state index in [9.17, 15) is 14.4 Å². The lowest BCUT2D eigenvalue weighted by Crippen LogP contribution is -2.16. The van der Waals surface area contributed by atoms with Crippen LogP contribution in [-0.4, -0.2) is 29.1 Å². The van der Waals surface area contributed by atoms with E-state index >= 15 is 0 Å². The first-order valence-electron chi connectivity index (χ1n) is 10.4. The first-order valence-corrected chi connectivity index (χ1v) is 11.3. The number of benzene rings is 1. The summed E-state index contributed by atoms with van der Waals surface area (Å²) in [5.74, 6) is -0.121. The molecule has 0 atom stereocenters. The van der Waals surface area contributed by atoms with Crippen LogP contribution in [0.5, 0.6) is 0 Å². The van der Waals surface area contributed by atoms with Gasteiger partial charge in [-0.15, -0.1) is 11.3 Å². The van der Waals surface area contributed by atoms with E-state index in [1.54, 1.807) is 18.4 Å². The molecule has 3 rings (SSSR count). The van der Waals surface area contributed by atoms with E-state index in [0.29, 0.717) is 22.9 Å². The summed E-state index contributed by atoms with van der Waals surface area (Å²) in [5, 5.41) is 2.50. The second-order valence-electron chi connectivity index (χ2n) is 7.65. The van der Waals surface area contributed by atoms with Crippen LogP contribution < -0.4 is 0 Å². The summed E-state index contributed by atoms with van der Waals surface area (Å²) in [4.78, 5) is 41.4. The molecule has 1 aliphatic carbocycles. The van der Waals surface area contributed by atoms with E-state index < -0.39 is 5.97 Å². The van der Waals surface area contributed by atoms with Crippen molar-refractivity contribution in [3.05, 3.63) is 57.0 Å². The number of carbonyl (C=O) groups excluding carboxylic acids is 3. The maximum atomic E-state index is 13.0. The summed E-state index contributed by atoms with van der Waals surface area (Å²) in [6.45, 7) is 4.04. The number of aromatic nitrogens is 1. The molecule has 1 aromatic carbocycles. The Kier molecular flexibility index (Phi) is 7.69. The summed E-state index contributed by atoms with van der Waals surface area (Å²) >= 11 is 1.38. The zero-order valence-corrected chi connectivity index (χ0v) is 18.3. The molecule has 1 aromatic heterocycles. The Balaban J connectivity index is 1.65. The normalized spacial score (nSPS) is 14.3. The smallest absolute Gasteiger partial charge is 0.330 e. The summed E-state index contributed by atoms with van der Waals surface area (Å²) in [5.41, 5.74) is 3.17. The monoisotopic (exact) mass is 425 g/mol. The Bertz CT molecular complexity index is 954. The largest absolute Gasteiger partial charge is 0.463 e. The van der Waals surface area contributed by atoms with Crippen LogP contribution in [0.15, 0.2) is 29.7 Å². The van der Waals surface area contributed by atoms with E-state index in [-0.39, 0.29) is 30.3 Å². The third-order valence-corrected chi connectivity index (χ3v) is 6.11. The van der Waals surface area contributed by atoms with Gasteiger partial charge in [0.1, 0.15) is 10.8 Å². The average Bonchev–Trinajstić information content (AvgIpc) is 3.39. The molecule has 0 radical (unpaired) electrons. The molecular weight excluding hydrogens is 398 g/mol. The van der Waals surface area contributed by atoms with Gasteiger partial charge in [0, 0.05) is 29.4 Å². The quantitative estimate of drug-likeness (QED) is 0.329. The third-order valence-electron chi connectivity index (χ3n) is 5.24. The molecule has 1 heterocycles. The molecule has 158 valence electrons. The van der Waals surface area contributed by atoms with Gasteiger partial charge >= 0.3 is 5.97 Å². The minimum absolute atomic E-state index is 0.0228. The first kappa shape index (κ1) is 22.1. The molecule has 1 saturated carbocycles. The Labute approximate surface area is 181 Å². The molecule has 5 nitrogen and oxygen atoms in total. The first-order chi connectivity index (χ1) is 14.5. The summed E-state index contributed by atoms with van der Waals surface area (Å²) in [7, 11) is 0. The summed E-state index contributed by atoms with van der Waals surface area (Å²) in [6.07, 6.45) is 7.45. The molecule has 0 spiro atoms. The fourth-order valence-electron chi connectivity index (χ4n) is 3.75. The van der Waals surface area contributed by atoms with Gasteiger partial charge in [0.05, 0.1) is 18.7 Å². The molecule has 0 N–H and O–H groups in total. The molecule has 2 aromatic rings. The highest BCUT2D eigenvalue weighted by Gasteiger charge is 2.26. The zero-order chi connectivity index (χ0) is 21.5. The second kappa shape index (κ2) is 10.4. The van der Waals surface area contributed by atoms with Crippen molar-refractivity contribution >= 4 is 34.9 Å². The number of hydrogen-bond donors (Lipinski definition) is 0. The van der Waals surface area contributed by atoms with Crippen LogP contribution in [0.2, 0.25) is 0 Å². The molecule has 1 fully saturated rings. The van der Waals surface area contributed by atoms with Gasteiger partial charge in [-0.1, -0.05) is 30.5 Å². The SMILES string of the molecule is CCOC(=O)/C=C/c1csc(CC(=O)Cc2ccc(C)cc2C(=O)C2CCCC2)n1. The van der Waals surface area contributed by atoms with Crippen LogP contribution in [0.25, 0.3) is 6.08 Å². The van der Waals surface area contributed by atoms with E-state index in [2.05, 4.69) is 4.98 Å². The van der Waals surface area contributed by atoms with Crippen LogP contribution in [0.4, 0.5) is 0 Å². The molecule has 0 unspecified atom stereocenters. The molecule has 0 bridgehead atoms. The van der Waals surface area contributed by atoms with Crippen molar-refractivity contribution in [3.8, 4) is 0 Å². The van der Waals surface area contributed by atoms with E-state index in [1.807, 2.05) is 25.1 Å². The molecule has 30 heavy (non-hydrogen) atoms. The van der Waals surface area contributed by atoms with Gasteiger partial charge in [-0.05, 0) is 44.4 Å². The lowest BCUT2D eigenvalue weighted by atomic mass is 9.90. The lowest BCUT2D eigenvalue weighted by molar-refractivity contribution is -0.137. The number of ether oxygens (including phenoxy) is 1. The van der Waals surface area contributed by atoms with Crippen molar-refractivity contribution in [3.63, 3.8) is 0 Å². The van der Waals surface area contributed by atoms with Crippen molar-refractivity contribution < 1.29 is 19.1 Å². The van der Waals surface area contributed by atoms with Gasteiger partial charge in [-0.2, -0.15) is 0 Å². The van der Waals surface area contributed by atoms with Crippen molar-refractivity contribution in [1.29, 1.82) is 0 Å². The highest BCUT2D eigenvalue weighted by molar-refractivity contribution is 7.09. The van der Waals surface area contributed by atoms with Crippen molar-refractivity contribution in [2.45, 2.75) is 52.4 Å². The predicted octanol–water partition coefficient (Wildman–Crippen LogP) is 4.76. The summed E-state index contributed by atoms with van der Waals surface area (Å²) < 4.78 is 4.85. The van der Waals surface area contributed by atoms with Crippen LogP contribution in [-0.2, 0) is 27.2 Å². The van der Waals surface area contributed by atoms with Crippen molar-refractivity contribution in [2.75, 3.05) is 6.61 Å². The third kappa shape index (κ3) is 5.95. The molecule has 6 heteroatoms. The van der Waals surface area contributed by atoms with E-state index in [1.165, 1.54) is 17.4 Å². The predicted molar refractivity (Wildman–Crippen MR) is 118 cm³/mol. The Hall–Kier alpha value is -2.60. The van der Waals surface area contributed by atoms with Gasteiger partial charge in [-0.25, -0.2) is 9.78 Å². The van der Waals surface area contributed by atoms with Crippen molar-refractivity contribution in [2.24, 2.45) is 5.92 Å². The number of esters is 1. The van der Waals surface area contributed by atoms with Crippen LogP contribution in [0.3, 0.4) is 0 Å². The van der Waals surface area contributed by atoms with Crippen LogP contribution in [0.1, 0.15) is 64.8 Å². The van der Waals surface area contributed by atoms with E-state index in [0.717, 1.165) is 36.8 Å². The number of aryl methyl sites for hydroxylation is 1. The van der Waals surface area contributed by atoms with Gasteiger partial charge in [0.15, 0.2) is 5.78 Å². The maximum absolute atomic E-state index is 13.0. The fraction of sp³-hybridized carbons (Fsp3) is 0.417. The Morgan fingerprint density at radius 2 is 1.97 bits per heavy atom. The fourth-order valence-corrected chi connectivity index (χ4v) is 4.54. The van der Waals surface area contributed by atoms with Crippen LogP contribution >= 0.6 is 11.3 Å². The van der Waals surface area contributed by atoms with E-state index in [4.69, 9.17) is 4.74 Å². The average molecular weight is 426 g/mol. The standard InChI is InChI=1S/C24H27NO4S/c1-3-29-23(27)11-10-19-15-30-22(25-19)14-20(26)13-18-9-8-16(2)12-21(18)24(28)17-6-4-5-7-17/h8-12,15,17H,3-7,13-14H2,1-2H3/b11-10+. The number of nitrogens with zero attached hydrogens (tertiary/aromatic N) is 1. The van der Waals surface area contributed by atoms with Gasteiger partial charge in [-0.3, -0.25) is 9.59 Å². The Morgan fingerprint density at radius 3 is 2.70 bits per heavy atom. The lowest BCUT2D eigenvalue weighted by Gasteiger charge is -2.13. The number of Topliss-reactive ketones (excluding diaryl/α,β-unsaturated/α-hetero) is 2. The molecule has 0 amide bonds. The minimum atomic E-state index is -0.415.